The van der Waals surface area contributed by atoms with E-state index in [2.05, 4.69) is 26.2 Å². The predicted molar refractivity (Wildman–Crippen MR) is 112 cm³/mol. The van der Waals surface area contributed by atoms with Gasteiger partial charge in [-0.2, -0.15) is 0 Å². The smallest absolute Gasteiger partial charge is 0.243 e. The highest BCUT2D eigenvalue weighted by molar-refractivity contribution is 5.94. The molecule has 0 aliphatic rings. The summed E-state index contributed by atoms with van der Waals surface area (Å²) < 4.78 is 15.5. The molecule has 1 amide bonds. The molecule has 8 heteroatoms. The number of para-hydroxylation sites is 1. The van der Waals surface area contributed by atoms with Gasteiger partial charge in [-0.15, -0.1) is 5.10 Å². The first-order valence-corrected chi connectivity index (χ1v) is 9.37. The number of rotatable bonds is 7. The second-order valence-electron chi connectivity index (χ2n) is 6.64. The predicted octanol–water partition coefficient (Wildman–Crippen LogP) is 3.44. The molecule has 0 saturated carbocycles. The van der Waals surface area contributed by atoms with Crippen molar-refractivity contribution in [2.24, 2.45) is 0 Å². The standard InChI is InChI=1S/C22H19FN6O/c23-19-11-10-18(29-15-25-27-28-29)13-21(19)24-14-22(30)26-20-9-5-4-8-17(20)12-16-6-2-1-3-7-16/h1-11,13,15,24H,12,14H2,(H,26,30). The average Bonchev–Trinajstić information content (AvgIpc) is 3.30. The van der Waals surface area contributed by atoms with Gasteiger partial charge in [0.1, 0.15) is 12.1 Å². The molecule has 4 rings (SSSR count). The molecule has 0 aliphatic heterocycles. The van der Waals surface area contributed by atoms with Crippen LogP contribution in [0.2, 0.25) is 0 Å². The molecule has 7 nitrogen and oxygen atoms in total. The van der Waals surface area contributed by atoms with Gasteiger partial charge in [0, 0.05) is 5.69 Å². The van der Waals surface area contributed by atoms with E-state index >= 15 is 0 Å². The van der Waals surface area contributed by atoms with Crippen LogP contribution in [0.15, 0.2) is 79.1 Å². The first-order chi connectivity index (χ1) is 14.7. The summed E-state index contributed by atoms with van der Waals surface area (Å²) in [4.78, 5) is 12.5. The van der Waals surface area contributed by atoms with E-state index in [0.29, 0.717) is 12.1 Å². The third-order valence-corrected chi connectivity index (χ3v) is 4.53. The van der Waals surface area contributed by atoms with E-state index < -0.39 is 5.82 Å². The Bertz CT molecular complexity index is 1130. The third-order valence-electron chi connectivity index (χ3n) is 4.53. The summed E-state index contributed by atoms with van der Waals surface area (Å²) in [5.41, 5.74) is 3.66. The monoisotopic (exact) mass is 402 g/mol. The molecule has 0 unspecified atom stereocenters. The summed E-state index contributed by atoms with van der Waals surface area (Å²) in [6, 6.07) is 22.1. The van der Waals surface area contributed by atoms with Crippen molar-refractivity contribution in [2.45, 2.75) is 6.42 Å². The fourth-order valence-electron chi connectivity index (χ4n) is 3.05. The first-order valence-electron chi connectivity index (χ1n) is 9.37. The molecular formula is C22H19FN6O. The first kappa shape index (κ1) is 19.3. The molecule has 2 N–H and O–H groups in total. The Labute approximate surface area is 172 Å². The fourth-order valence-corrected chi connectivity index (χ4v) is 3.05. The van der Waals surface area contributed by atoms with Gasteiger partial charge in [-0.05, 0) is 52.2 Å². The maximum absolute atomic E-state index is 14.1. The lowest BCUT2D eigenvalue weighted by Crippen LogP contribution is -2.23. The van der Waals surface area contributed by atoms with Crippen molar-refractivity contribution in [3.8, 4) is 5.69 Å². The number of nitrogens with one attached hydrogen (secondary N) is 2. The Balaban J connectivity index is 1.42. The van der Waals surface area contributed by atoms with Crippen LogP contribution in [0.4, 0.5) is 15.8 Å². The second kappa shape index (κ2) is 8.95. The van der Waals surface area contributed by atoms with Crippen molar-refractivity contribution in [1.29, 1.82) is 0 Å². The van der Waals surface area contributed by atoms with Crippen LogP contribution < -0.4 is 10.6 Å². The number of benzene rings is 3. The van der Waals surface area contributed by atoms with Gasteiger partial charge in [0.25, 0.3) is 0 Å². The number of tetrazole rings is 1. The number of hydrogen-bond acceptors (Lipinski definition) is 5. The van der Waals surface area contributed by atoms with E-state index in [-0.39, 0.29) is 18.1 Å². The van der Waals surface area contributed by atoms with E-state index in [1.807, 2.05) is 54.6 Å². The molecule has 3 aromatic carbocycles. The Morgan fingerprint density at radius 2 is 1.77 bits per heavy atom. The van der Waals surface area contributed by atoms with E-state index in [4.69, 9.17) is 0 Å². The van der Waals surface area contributed by atoms with Crippen molar-refractivity contribution in [3.05, 3.63) is 96.1 Å². The molecule has 30 heavy (non-hydrogen) atoms. The Kier molecular flexibility index (Phi) is 5.75. The number of carbonyl (C=O) groups excluding carboxylic acids is 1. The van der Waals surface area contributed by atoms with Crippen LogP contribution in [0.1, 0.15) is 11.1 Å². The molecule has 1 aromatic heterocycles. The molecule has 0 radical (unpaired) electrons. The zero-order chi connectivity index (χ0) is 20.8. The molecule has 0 spiro atoms. The Hall–Kier alpha value is -4.07. The summed E-state index contributed by atoms with van der Waals surface area (Å²) in [5.74, 6) is -0.744. The lowest BCUT2D eigenvalue weighted by atomic mass is 10.0. The second-order valence-corrected chi connectivity index (χ2v) is 6.64. The van der Waals surface area contributed by atoms with Gasteiger partial charge in [-0.25, -0.2) is 9.07 Å². The van der Waals surface area contributed by atoms with Crippen LogP contribution >= 0.6 is 0 Å². The minimum absolute atomic E-state index is 0.0876. The molecular weight excluding hydrogens is 383 g/mol. The minimum atomic E-state index is -0.468. The molecule has 0 aliphatic carbocycles. The van der Waals surface area contributed by atoms with Gasteiger partial charge in [0.05, 0.1) is 17.9 Å². The molecule has 0 bridgehead atoms. The van der Waals surface area contributed by atoms with Crippen LogP contribution in [0.3, 0.4) is 0 Å². The maximum Gasteiger partial charge on any atom is 0.243 e. The zero-order valence-electron chi connectivity index (χ0n) is 16.0. The molecule has 150 valence electrons. The van der Waals surface area contributed by atoms with Crippen molar-refractivity contribution in [2.75, 3.05) is 17.2 Å². The summed E-state index contributed by atoms with van der Waals surface area (Å²) in [5, 5.41) is 16.6. The van der Waals surface area contributed by atoms with Crippen molar-refractivity contribution in [1.82, 2.24) is 20.2 Å². The van der Waals surface area contributed by atoms with Crippen LogP contribution in [-0.4, -0.2) is 32.7 Å². The van der Waals surface area contributed by atoms with Gasteiger partial charge in [0.15, 0.2) is 0 Å². The van der Waals surface area contributed by atoms with Gasteiger partial charge < -0.3 is 10.6 Å². The summed E-state index contributed by atoms with van der Waals surface area (Å²) in [6.45, 7) is -0.0876. The quantitative estimate of drug-likeness (QED) is 0.495. The topological polar surface area (TPSA) is 84.7 Å². The molecule has 4 aromatic rings. The van der Waals surface area contributed by atoms with Crippen molar-refractivity contribution >= 4 is 17.3 Å². The Morgan fingerprint density at radius 1 is 0.967 bits per heavy atom. The number of carbonyl (C=O) groups is 1. The molecule has 0 saturated heterocycles. The summed E-state index contributed by atoms with van der Waals surface area (Å²) in [7, 11) is 0. The highest BCUT2D eigenvalue weighted by Gasteiger charge is 2.10. The number of anilines is 2. The lowest BCUT2D eigenvalue weighted by Gasteiger charge is -2.13. The van der Waals surface area contributed by atoms with Crippen LogP contribution in [0.5, 0.6) is 0 Å². The van der Waals surface area contributed by atoms with E-state index in [1.165, 1.54) is 17.1 Å². The summed E-state index contributed by atoms with van der Waals surface area (Å²) in [6.07, 6.45) is 2.11. The van der Waals surface area contributed by atoms with Crippen LogP contribution in [0.25, 0.3) is 5.69 Å². The SMILES string of the molecule is O=C(CNc1cc(-n2cnnn2)ccc1F)Nc1ccccc1Cc1ccccc1. The van der Waals surface area contributed by atoms with Gasteiger partial charge in [0.2, 0.25) is 5.91 Å². The molecule has 0 atom stereocenters. The average molecular weight is 402 g/mol. The van der Waals surface area contributed by atoms with E-state index in [1.54, 1.807) is 12.1 Å². The van der Waals surface area contributed by atoms with Gasteiger partial charge in [-0.1, -0.05) is 48.5 Å². The number of amides is 1. The highest BCUT2D eigenvalue weighted by Crippen LogP contribution is 2.20. The highest BCUT2D eigenvalue weighted by atomic mass is 19.1. The van der Waals surface area contributed by atoms with Gasteiger partial charge >= 0.3 is 0 Å². The number of nitrogens with zero attached hydrogens (tertiary/aromatic N) is 4. The van der Waals surface area contributed by atoms with Crippen LogP contribution in [0, 0.1) is 5.82 Å². The minimum Gasteiger partial charge on any atom is -0.374 e. The fraction of sp³-hybridized carbons (Fsp3) is 0.0909. The van der Waals surface area contributed by atoms with E-state index in [9.17, 15) is 9.18 Å². The normalized spacial score (nSPS) is 10.6. The van der Waals surface area contributed by atoms with Crippen LogP contribution in [-0.2, 0) is 11.2 Å². The molecule has 1 heterocycles. The largest absolute Gasteiger partial charge is 0.374 e. The zero-order valence-corrected chi connectivity index (χ0v) is 16.0. The number of halogens is 1. The molecule has 0 fully saturated rings. The summed E-state index contributed by atoms with van der Waals surface area (Å²) >= 11 is 0. The number of aromatic nitrogens is 4. The Morgan fingerprint density at radius 3 is 2.57 bits per heavy atom. The van der Waals surface area contributed by atoms with Crippen molar-refractivity contribution in [3.63, 3.8) is 0 Å². The number of hydrogen-bond donors (Lipinski definition) is 2. The maximum atomic E-state index is 14.1. The van der Waals surface area contributed by atoms with Gasteiger partial charge in [-0.3, -0.25) is 4.79 Å². The third kappa shape index (κ3) is 4.67. The lowest BCUT2D eigenvalue weighted by molar-refractivity contribution is -0.114. The van der Waals surface area contributed by atoms with E-state index in [0.717, 1.165) is 16.8 Å². The van der Waals surface area contributed by atoms with Crippen molar-refractivity contribution < 1.29 is 9.18 Å².